The maximum absolute atomic E-state index is 10.9. The fraction of sp³-hybridized carbons (Fsp3) is 0.300. The molecule has 4 nitrogen and oxygen atoms in total. The molecule has 0 unspecified atom stereocenters. The van der Waals surface area contributed by atoms with E-state index in [1.165, 1.54) is 0 Å². The van der Waals surface area contributed by atoms with Gasteiger partial charge < -0.3 is 10.5 Å². The lowest BCUT2D eigenvalue weighted by atomic mass is 10.1. The second-order valence-electron chi connectivity index (χ2n) is 3.36. The molecule has 0 radical (unpaired) electrons. The van der Waals surface area contributed by atoms with Crippen LogP contribution in [0.5, 0.6) is 0 Å². The van der Waals surface area contributed by atoms with Crippen LogP contribution in [0.3, 0.4) is 0 Å². The molecule has 0 bridgehead atoms. The molecule has 0 aliphatic rings. The zero-order valence-electron chi connectivity index (χ0n) is 8.53. The minimum absolute atomic E-state index is 0.290. The third kappa shape index (κ3) is 2.47. The molecule has 1 rings (SSSR count). The van der Waals surface area contributed by atoms with Crippen molar-refractivity contribution >= 4 is 11.7 Å². The van der Waals surface area contributed by atoms with E-state index in [1.54, 1.807) is 17.1 Å². The van der Waals surface area contributed by atoms with Gasteiger partial charge in [0, 0.05) is 14.1 Å². The number of anilines is 1. The number of aryl methyl sites for hydroxylation is 1. The van der Waals surface area contributed by atoms with Gasteiger partial charge in [0.2, 0.25) is 0 Å². The molecule has 14 heavy (non-hydrogen) atoms. The number of hydrazine groups is 1. The number of nitrogens with zero attached hydrogens (tertiary/aromatic N) is 1. The van der Waals surface area contributed by atoms with Crippen LogP contribution in [0.15, 0.2) is 18.2 Å². The highest BCUT2D eigenvalue weighted by atomic mass is 16.4. The molecule has 1 aromatic carbocycles. The molecule has 0 amide bonds. The Hall–Kier alpha value is -1.55. The molecule has 76 valence electrons. The van der Waals surface area contributed by atoms with E-state index < -0.39 is 5.97 Å². The number of carbonyl (C=O) groups is 1. The fourth-order valence-corrected chi connectivity index (χ4v) is 1.17. The van der Waals surface area contributed by atoms with Crippen LogP contribution < -0.4 is 5.43 Å². The quantitative estimate of drug-likeness (QED) is 0.717. The van der Waals surface area contributed by atoms with Gasteiger partial charge in [0.05, 0.1) is 11.3 Å². The summed E-state index contributed by atoms with van der Waals surface area (Å²) in [6.07, 6.45) is 0. The highest BCUT2D eigenvalue weighted by Gasteiger charge is 2.09. The maximum Gasteiger partial charge on any atom is 0.337 e. The van der Waals surface area contributed by atoms with Crippen molar-refractivity contribution in [2.75, 3.05) is 19.5 Å². The SMILES string of the molecule is Cc1ccc(NN(C)C)c(C(=O)O)c1. The lowest BCUT2D eigenvalue weighted by molar-refractivity contribution is 0.0697. The van der Waals surface area contributed by atoms with Crippen molar-refractivity contribution in [2.24, 2.45) is 0 Å². The summed E-state index contributed by atoms with van der Waals surface area (Å²) in [5, 5.41) is 10.6. The Kier molecular flexibility index (Phi) is 3.09. The molecule has 2 N–H and O–H groups in total. The van der Waals surface area contributed by atoms with Crippen LogP contribution in [-0.2, 0) is 0 Å². The molecular weight excluding hydrogens is 180 g/mol. The number of benzene rings is 1. The van der Waals surface area contributed by atoms with Crippen molar-refractivity contribution in [3.63, 3.8) is 0 Å². The molecule has 0 saturated heterocycles. The smallest absolute Gasteiger partial charge is 0.337 e. The van der Waals surface area contributed by atoms with Crippen molar-refractivity contribution in [1.82, 2.24) is 5.01 Å². The first-order valence-corrected chi connectivity index (χ1v) is 4.28. The molecule has 0 aliphatic heterocycles. The topological polar surface area (TPSA) is 52.6 Å². The predicted molar refractivity (Wildman–Crippen MR) is 55.4 cm³/mol. The normalized spacial score (nSPS) is 10.3. The van der Waals surface area contributed by atoms with Crippen molar-refractivity contribution in [3.05, 3.63) is 29.3 Å². The first-order chi connectivity index (χ1) is 6.50. The third-order valence-electron chi connectivity index (χ3n) is 1.75. The van der Waals surface area contributed by atoms with Gasteiger partial charge in [0.25, 0.3) is 0 Å². The molecule has 4 heteroatoms. The number of carboxylic acid groups (broad SMARTS) is 1. The largest absolute Gasteiger partial charge is 0.478 e. The summed E-state index contributed by atoms with van der Waals surface area (Å²) in [6.45, 7) is 1.87. The highest BCUT2D eigenvalue weighted by molar-refractivity contribution is 5.94. The van der Waals surface area contributed by atoms with E-state index in [-0.39, 0.29) is 0 Å². The molecule has 0 aromatic heterocycles. The maximum atomic E-state index is 10.9. The van der Waals surface area contributed by atoms with E-state index in [2.05, 4.69) is 5.43 Å². The number of carboxylic acids is 1. The molecule has 1 aromatic rings. The van der Waals surface area contributed by atoms with Crippen LogP contribution >= 0.6 is 0 Å². The third-order valence-corrected chi connectivity index (χ3v) is 1.75. The lowest BCUT2D eigenvalue weighted by Crippen LogP contribution is -2.21. The van der Waals surface area contributed by atoms with Gasteiger partial charge in [-0.3, -0.25) is 0 Å². The van der Waals surface area contributed by atoms with Crippen LogP contribution in [0.4, 0.5) is 5.69 Å². The van der Waals surface area contributed by atoms with E-state index >= 15 is 0 Å². The number of hydrogen-bond acceptors (Lipinski definition) is 3. The van der Waals surface area contributed by atoms with E-state index in [0.717, 1.165) is 5.56 Å². The zero-order valence-corrected chi connectivity index (χ0v) is 8.53. The summed E-state index contributed by atoms with van der Waals surface area (Å²) >= 11 is 0. The van der Waals surface area contributed by atoms with E-state index in [1.807, 2.05) is 27.1 Å². The standard InChI is InChI=1S/C10H14N2O2/c1-7-4-5-9(11-12(2)3)8(6-7)10(13)14/h4-6,11H,1-3H3,(H,13,14). The van der Waals surface area contributed by atoms with Crippen LogP contribution in [0.2, 0.25) is 0 Å². The lowest BCUT2D eigenvalue weighted by Gasteiger charge is -2.15. The van der Waals surface area contributed by atoms with Crippen molar-refractivity contribution in [3.8, 4) is 0 Å². The van der Waals surface area contributed by atoms with Gasteiger partial charge >= 0.3 is 5.97 Å². The highest BCUT2D eigenvalue weighted by Crippen LogP contribution is 2.17. The Balaban J connectivity index is 3.08. The second kappa shape index (κ2) is 4.11. The van der Waals surface area contributed by atoms with E-state index in [0.29, 0.717) is 11.3 Å². The molecule has 0 fully saturated rings. The van der Waals surface area contributed by atoms with Crippen molar-refractivity contribution in [1.29, 1.82) is 0 Å². The Morgan fingerprint density at radius 3 is 2.57 bits per heavy atom. The summed E-state index contributed by atoms with van der Waals surface area (Å²) in [5.41, 5.74) is 4.77. The van der Waals surface area contributed by atoms with Crippen molar-refractivity contribution < 1.29 is 9.90 Å². The van der Waals surface area contributed by atoms with E-state index in [9.17, 15) is 4.79 Å². The van der Waals surface area contributed by atoms with Crippen LogP contribution in [0, 0.1) is 6.92 Å². The summed E-state index contributed by atoms with van der Waals surface area (Å²) < 4.78 is 0. The fourth-order valence-electron chi connectivity index (χ4n) is 1.17. The average Bonchev–Trinajstić information content (AvgIpc) is 2.07. The van der Waals surface area contributed by atoms with Gasteiger partial charge in [0.1, 0.15) is 0 Å². The Morgan fingerprint density at radius 1 is 1.43 bits per heavy atom. The van der Waals surface area contributed by atoms with E-state index in [4.69, 9.17) is 5.11 Å². The van der Waals surface area contributed by atoms with Crippen molar-refractivity contribution in [2.45, 2.75) is 6.92 Å². The van der Waals surface area contributed by atoms with Gasteiger partial charge in [-0.05, 0) is 19.1 Å². The summed E-state index contributed by atoms with van der Waals surface area (Å²) in [7, 11) is 3.62. The van der Waals surface area contributed by atoms with Gasteiger partial charge in [-0.15, -0.1) is 0 Å². The molecule has 0 saturated carbocycles. The molecule has 0 aliphatic carbocycles. The number of rotatable bonds is 3. The van der Waals surface area contributed by atoms with Gasteiger partial charge in [-0.25, -0.2) is 9.80 Å². The second-order valence-corrected chi connectivity index (χ2v) is 3.36. The number of hydrogen-bond donors (Lipinski definition) is 2. The van der Waals surface area contributed by atoms with Crippen LogP contribution in [0.25, 0.3) is 0 Å². The average molecular weight is 194 g/mol. The first-order valence-electron chi connectivity index (χ1n) is 4.28. The Morgan fingerprint density at radius 2 is 2.07 bits per heavy atom. The molecular formula is C10H14N2O2. The summed E-state index contributed by atoms with van der Waals surface area (Å²) in [5.74, 6) is -0.918. The number of aromatic carboxylic acids is 1. The zero-order chi connectivity index (χ0) is 10.7. The monoisotopic (exact) mass is 194 g/mol. The number of nitrogens with one attached hydrogen (secondary N) is 1. The van der Waals surface area contributed by atoms with Crippen LogP contribution in [0.1, 0.15) is 15.9 Å². The summed E-state index contributed by atoms with van der Waals surface area (Å²) in [4.78, 5) is 10.9. The van der Waals surface area contributed by atoms with Gasteiger partial charge in [-0.2, -0.15) is 0 Å². The van der Waals surface area contributed by atoms with Gasteiger partial charge in [-0.1, -0.05) is 11.6 Å². The minimum atomic E-state index is -0.918. The predicted octanol–water partition coefficient (Wildman–Crippen LogP) is 1.58. The molecule has 0 spiro atoms. The molecule has 0 atom stereocenters. The Labute approximate surface area is 83.1 Å². The minimum Gasteiger partial charge on any atom is -0.478 e. The van der Waals surface area contributed by atoms with Crippen LogP contribution in [-0.4, -0.2) is 30.2 Å². The summed E-state index contributed by atoms with van der Waals surface area (Å²) in [6, 6.07) is 5.28. The Bertz CT molecular complexity index is 348. The molecule has 0 heterocycles. The van der Waals surface area contributed by atoms with Gasteiger partial charge in [0.15, 0.2) is 0 Å². The first kappa shape index (κ1) is 10.5.